The second kappa shape index (κ2) is 5.99. The van der Waals surface area contributed by atoms with Crippen LogP contribution in [0, 0.1) is 6.92 Å². The first-order valence-corrected chi connectivity index (χ1v) is 7.53. The molecular weight excluding hydrogens is 298 g/mol. The third-order valence-corrected chi connectivity index (χ3v) is 3.95. The number of rotatable bonds is 4. The van der Waals surface area contributed by atoms with Gasteiger partial charge < -0.3 is 14.9 Å². The number of nitrogens with zero attached hydrogens (tertiary/aromatic N) is 2. The summed E-state index contributed by atoms with van der Waals surface area (Å²) in [6.07, 6.45) is 2.62. The van der Waals surface area contributed by atoms with E-state index in [9.17, 15) is 0 Å². The highest BCUT2D eigenvalue weighted by Crippen LogP contribution is 2.29. The Morgan fingerprint density at radius 1 is 1.27 bits per heavy atom. The van der Waals surface area contributed by atoms with Crippen molar-refractivity contribution >= 4 is 17.2 Å². The minimum absolute atomic E-state index is 0.558. The molecule has 3 rings (SSSR count). The Morgan fingerprint density at radius 3 is 2.77 bits per heavy atom. The van der Waals surface area contributed by atoms with Gasteiger partial charge in [0, 0.05) is 18.2 Å². The lowest BCUT2D eigenvalue weighted by Crippen LogP contribution is -2.06. The van der Waals surface area contributed by atoms with E-state index in [1.54, 1.807) is 7.11 Å². The fourth-order valence-electron chi connectivity index (χ4n) is 2.70. The Morgan fingerprint density at radius 2 is 2.09 bits per heavy atom. The average molecular weight is 316 g/mol. The van der Waals surface area contributed by atoms with Crippen LogP contribution in [-0.2, 0) is 6.42 Å². The molecule has 0 saturated carbocycles. The number of halogens is 1. The van der Waals surface area contributed by atoms with Gasteiger partial charge in [0.25, 0.3) is 0 Å². The molecule has 0 bridgehead atoms. The Bertz CT molecular complexity index is 826. The molecule has 0 amide bonds. The first-order valence-electron chi connectivity index (χ1n) is 7.15. The van der Waals surface area contributed by atoms with E-state index in [1.165, 1.54) is 0 Å². The smallest absolute Gasteiger partial charge is 0.137 e. The third-order valence-electron chi connectivity index (χ3n) is 3.73. The number of aryl methyl sites for hydroxylation is 1. The highest BCUT2D eigenvalue weighted by molar-refractivity contribution is 6.30. The van der Waals surface area contributed by atoms with E-state index in [-0.39, 0.29) is 0 Å². The number of ether oxygens (including phenoxy) is 1. The van der Waals surface area contributed by atoms with Crippen molar-refractivity contribution in [3.8, 4) is 17.0 Å². The van der Waals surface area contributed by atoms with Gasteiger partial charge in [-0.05, 0) is 49.4 Å². The predicted molar refractivity (Wildman–Crippen MR) is 89.7 cm³/mol. The number of imidazole rings is 1. The molecule has 0 spiro atoms. The van der Waals surface area contributed by atoms with Crippen LogP contribution in [0.4, 0.5) is 0 Å². The number of nitrogens with two attached hydrogens (primary N) is 1. The van der Waals surface area contributed by atoms with Gasteiger partial charge in [-0.3, -0.25) is 0 Å². The fourth-order valence-corrected chi connectivity index (χ4v) is 2.86. The van der Waals surface area contributed by atoms with E-state index in [1.807, 2.05) is 41.8 Å². The van der Waals surface area contributed by atoms with Crippen molar-refractivity contribution in [3.63, 3.8) is 0 Å². The summed E-state index contributed by atoms with van der Waals surface area (Å²) in [5, 5.41) is 0.681. The summed E-state index contributed by atoms with van der Waals surface area (Å²) in [4.78, 5) is 4.75. The van der Waals surface area contributed by atoms with Crippen LogP contribution in [0.25, 0.3) is 16.9 Å². The second-order valence-corrected chi connectivity index (χ2v) is 5.64. The number of hydrogen-bond acceptors (Lipinski definition) is 3. The molecule has 0 radical (unpaired) electrons. The largest absolute Gasteiger partial charge is 0.496 e. The van der Waals surface area contributed by atoms with Crippen LogP contribution in [-0.4, -0.2) is 23.0 Å². The lowest BCUT2D eigenvalue weighted by Gasteiger charge is -2.08. The maximum Gasteiger partial charge on any atom is 0.137 e. The maximum atomic E-state index is 6.11. The zero-order valence-corrected chi connectivity index (χ0v) is 13.4. The lowest BCUT2D eigenvalue weighted by atomic mass is 10.1. The van der Waals surface area contributed by atoms with E-state index in [0.717, 1.165) is 40.3 Å². The van der Waals surface area contributed by atoms with Gasteiger partial charge in [0.1, 0.15) is 11.4 Å². The summed E-state index contributed by atoms with van der Waals surface area (Å²) in [5.41, 5.74) is 10.8. The zero-order chi connectivity index (χ0) is 15.7. The molecule has 0 saturated heterocycles. The molecular formula is C17H18ClN3O. The van der Waals surface area contributed by atoms with Crippen molar-refractivity contribution in [3.05, 3.63) is 52.8 Å². The summed E-state index contributed by atoms with van der Waals surface area (Å²) in [6, 6.07) is 9.84. The number of hydrogen-bond donors (Lipinski definition) is 1. The number of benzene rings is 1. The Balaban J connectivity index is 2.21. The van der Waals surface area contributed by atoms with Gasteiger partial charge in [0.05, 0.1) is 23.5 Å². The van der Waals surface area contributed by atoms with Crippen LogP contribution in [0.3, 0.4) is 0 Å². The summed E-state index contributed by atoms with van der Waals surface area (Å²) < 4.78 is 7.34. The molecule has 2 N–H and O–H groups in total. The highest BCUT2D eigenvalue weighted by atomic mass is 35.5. The molecule has 2 heterocycles. The molecule has 2 aromatic heterocycles. The Kier molecular flexibility index (Phi) is 4.05. The molecule has 4 nitrogen and oxygen atoms in total. The van der Waals surface area contributed by atoms with Gasteiger partial charge in [-0.2, -0.15) is 0 Å². The van der Waals surface area contributed by atoms with E-state index >= 15 is 0 Å². The van der Waals surface area contributed by atoms with Gasteiger partial charge in [-0.15, -0.1) is 0 Å². The van der Waals surface area contributed by atoms with E-state index in [0.29, 0.717) is 11.6 Å². The molecule has 0 aliphatic rings. The summed E-state index contributed by atoms with van der Waals surface area (Å²) in [6.45, 7) is 2.58. The quantitative estimate of drug-likeness (QED) is 0.802. The zero-order valence-electron chi connectivity index (χ0n) is 12.6. The van der Waals surface area contributed by atoms with Gasteiger partial charge >= 0.3 is 0 Å². The van der Waals surface area contributed by atoms with Crippen molar-refractivity contribution in [2.75, 3.05) is 13.7 Å². The normalized spacial score (nSPS) is 11.1. The SMILES string of the molecule is COc1ccc(-c2nc3ccc(Cl)cn3c2CCN)cc1C. The highest BCUT2D eigenvalue weighted by Gasteiger charge is 2.14. The van der Waals surface area contributed by atoms with Gasteiger partial charge in [0.2, 0.25) is 0 Å². The van der Waals surface area contributed by atoms with Crippen molar-refractivity contribution in [2.24, 2.45) is 5.73 Å². The molecule has 0 unspecified atom stereocenters. The maximum absolute atomic E-state index is 6.11. The van der Waals surface area contributed by atoms with E-state index < -0.39 is 0 Å². The third kappa shape index (κ3) is 2.56. The van der Waals surface area contributed by atoms with Crippen LogP contribution in [0.15, 0.2) is 36.5 Å². The molecule has 0 atom stereocenters. The van der Waals surface area contributed by atoms with Gasteiger partial charge in [0.15, 0.2) is 0 Å². The first kappa shape index (κ1) is 14.9. The molecule has 0 aliphatic heterocycles. The minimum atomic E-state index is 0.558. The number of methoxy groups -OCH3 is 1. The fraction of sp³-hybridized carbons (Fsp3) is 0.235. The van der Waals surface area contributed by atoms with Crippen molar-refractivity contribution in [2.45, 2.75) is 13.3 Å². The Hall–Kier alpha value is -2.04. The molecule has 5 heteroatoms. The summed E-state index contributed by atoms with van der Waals surface area (Å²) >= 11 is 6.11. The average Bonchev–Trinajstić information content (AvgIpc) is 2.86. The van der Waals surface area contributed by atoms with E-state index in [2.05, 4.69) is 6.07 Å². The molecule has 1 aromatic carbocycles. The summed E-state index contributed by atoms with van der Waals surface area (Å²) in [7, 11) is 1.68. The molecule has 0 aliphatic carbocycles. The van der Waals surface area contributed by atoms with E-state index in [4.69, 9.17) is 27.1 Å². The van der Waals surface area contributed by atoms with Crippen molar-refractivity contribution in [1.29, 1.82) is 0 Å². The molecule has 22 heavy (non-hydrogen) atoms. The minimum Gasteiger partial charge on any atom is -0.496 e. The van der Waals surface area contributed by atoms with Crippen LogP contribution in [0.1, 0.15) is 11.3 Å². The topological polar surface area (TPSA) is 52.5 Å². The second-order valence-electron chi connectivity index (χ2n) is 5.21. The number of aromatic nitrogens is 2. The van der Waals surface area contributed by atoms with Crippen LogP contribution < -0.4 is 10.5 Å². The number of pyridine rings is 1. The summed E-state index contributed by atoms with van der Waals surface area (Å²) in [5.74, 6) is 0.871. The molecule has 0 fully saturated rings. The standard InChI is InChI=1S/C17H18ClN3O/c1-11-9-12(3-5-15(11)22-2)17-14(7-8-19)21-10-13(18)4-6-16(21)20-17/h3-6,9-10H,7-8,19H2,1-2H3. The number of fused-ring (bicyclic) bond motifs is 1. The molecule has 3 aromatic rings. The van der Waals surface area contributed by atoms with Crippen LogP contribution in [0.2, 0.25) is 5.02 Å². The van der Waals surface area contributed by atoms with Gasteiger partial charge in [-0.1, -0.05) is 11.6 Å². The van der Waals surface area contributed by atoms with Crippen LogP contribution in [0.5, 0.6) is 5.75 Å². The molecule has 114 valence electrons. The van der Waals surface area contributed by atoms with Crippen molar-refractivity contribution < 1.29 is 4.74 Å². The first-order chi connectivity index (χ1) is 10.6. The lowest BCUT2D eigenvalue weighted by molar-refractivity contribution is 0.412. The van der Waals surface area contributed by atoms with Gasteiger partial charge in [-0.25, -0.2) is 4.98 Å². The monoisotopic (exact) mass is 315 g/mol. The van der Waals surface area contributed by atoms with Crippen LogP contribution >= 0.6 is 11.6 Å². The predicted octanol–water partition coefficient (Wildman–Crippen LogP) is 3.47. The Labute approximate surface area is 134 Å². The van der Waals surface area contributed by atoms with Crippen molar-refractivity contribution in [1.82, 2.24) is 9.38 Å².